The van der Waals surface area contributed by atoms with E-state index < -0.39 is 0 Å². The Hall–Kier alpha value is -0.710. The van der Waals surface area contributed by atoms with Crippen LogP contribution in [0, 0.1) is 11.8 Å². The molecule has 2 amide bonds. The first kappa shape index (κ1) is 14.4. The van der Waals surface area contributed by atoms with Crippen molar-refractivity contribution >= 4 is 24.4 Å². The van der Waals surface area contributed by atoms with E-state index in [4.69, 9.17) is 5.73 Å². The molecule has 98 valence electrons. The lowest BCUT2D eigenvalue weighted by atomic mass is 9.92. The van der Waals surface area contributed by atoms with Gasteiger partial charge in [0.15, 0.2) is 0 Å². The molecule has 1 saturated heterocycles. The lowest BCUT2D eigenvalue weighted by Gasteiger charge is -2.38. The Bertz CT molecular complexity index is 307. The molecule has 1 rings (SSSR count). The fourth-order valence-electron chi connectivity index (χ4n) is 2.10. The molecule has 0 radical (unpaired) electrons. The highest BCUT2D eigenvalue weighted by molar-refractivity contribution is 7.81. The Morgan fingerprint density at radius 1 is 1.35 bits per heavy atom. The van der Waals surface area contributed by atoms with Crippen LogP contribution in [0.4, 0.5) is 0 Å². The molecule has 1 aliphatic rings. The molecule has 3 unspecified atom stereocenters. The SMILES string of the molecule is CC(C)C(S)C(=O)N1CC(C(N)=O)CCC1C. The van der Waals surface area contributed by atoms with Crippen molar-refractivity contribution in [2.24, 2.45) is 17.6 Å². The average Bonchev–Trinajstić information content (AvgIpc) is 2.27. The standard InChI is InChI=1S/C12H22N2O2S/c1-7(2)10(17)12(16)14-6-9(11(13)15)5-4-8(14)3/h7-10,17H,4-6H2,1-3H3,(H2,13,15). The molecule has 0 saturated carbocycles. The second-order valence-electron chi connectivity index (χ2n) is 5.21. The van der Waals surface area contributed by atoms with Gasteiger partial charge in [0.1, 0.15) is 0 Å². The Balaban J connectivity index is 2.73. The summed E-state index contributed by atoms with van der Waals surface area (Å²) in [6.45, 7) is 6.39. The van der Waals surface area contributed by atoms with Crippen LogP contribution in [0.5, 0.6) is 0 Å². The third-order valence-corrected chi connectivity index (χ3v) is 4.27. The summed E-state index contributed by atoms with van der Waals surface area (Å²) in [5.74, 6) is -0.313. The maximum absolute atomic E-state index is 12.2. The highest BCUT2D eigenvalue weighted by Gasteiger charge is 2.34. The number of carbonyl (C=O) groups is 2. The van der Waals surface area contributed by atoms with Gasteiger partial charge in [-0.2, -0.15) is 12.6 Å². The number of thiol groups is 1. The number of hydrogen-bond donors (Lipinski definition) is 2. The van der Waals surface area contributed by atoms with E-state index in [2.05, 4.69) is 12.6 Å². The van der Waals surface area contributed by atoms with Crippen LogP contribution in [-0.4, -0.2) is 34.6 Å². The first-order chi connectivity index (χ1) is 7.84. The number of piperidine rings is 1. The molecule has 3 atom stereocenters. The zero-order chi connectivity index (χ0) is 13.2. The van der Waals surface area contributed by atoms with E-state index in [0.29, 0.717) is 6.54 Å². The summed E-state index contributed by atoms with van der Waals surface area (Å²) < 4.78 is 0. The Kier molecular flexibility index (Phi) is 4.86. The molecule has 2 N–H and O–H groups in total. The number of nitrogens with two attached hydrogens (primary N) is 1. The highest BCUT2D eigenvalue weighted by Crippen LogP contribution is 2.24. The number of primary amides is 1. The van der Waals surface area contributed by atoms with Crippen molar-refractivity contribution in [3.8, 4) is 0 Å². The van der Waals surface area contributed by atoms with Gasteiger partial charge in [-0.1, -0.05) is 13.8 Å². The molecule has 0 aromatic rings. The number of amides is 2. The number of nitrogens with zero attached hydrogens (tertiary/aromatic N) is 1. The molecule has 1 heterocycles. The molecule has 0 aromatic carbocycles. The van der Waals surface area contributed by atoms with Crippen molar-refractivity contribution in [1.29, 1.82) is 0 Å². The molecule has 17 heavy (non-hydrogen) atoms. The van der Waals surface area contributed by atoms with Crippen molar-refractivity contribution in [1.82, 2.24) is 4.90 Å². The van der Waals surface area contributed by atoms with Gasteiger partial charge in [0.25, 0.3) is 0 Å². The maximum Gasteiger partial charge on any atom is 0.235 e. The summed E-state index contributed by atoms with van der Waals surface area (Å²) >= 11 is 4.34. The van der Waals surface area contributed by atoms with Gasteiger partial charge in [-0.15, -0.1) is 0 Å². The van der Waals surface area contributed by atoms with Gasteiger partial charge >= 0.3 is 0 Å². The summed E-state index contributed by atoms with van der Waals surface area (Å²) in [6, 6.07) is 0.173. The largest absolute Gasteiger partial charge is 0.369 e. The number of likely N-dealkylation sites (tertiary alicyclic amines) is 1. The van der Waals surface area contributed by atoms with Crippen molar-refractivity contribution in [2.45, 2.75) is 44.9 Å². The fraction of sp³-hybridized carbons (Fsp3) is 0.833. The highest BCUT2D eigenvalue weighted by atomic mass is 32.1. The van der Waals surface area contributed by atoms with Crippen LogP contribution in [0.2, 0.25) is 0 Å². The minimum atomic E-state index is -0.310. The molecule has 1 fully saturated rings. The van der Waals surface area contributed by atoms with Gasteiger partial charge in [0.05, 0.1) is 11.2 Å². The summed E-state index contributed by atoms with van der Waals surface area (Å²) in [5.41, 5.74) is 5.31. The van der Waals surface area contributed by atoms with E-state index in [1.54, 1.807) is 4.90 Å². The quantitative estimate of drug-likeness (QED) is 0.743. The second-order valence-corrected chi connectivity index (χ2v) is 5.76. The first-order valence-corrected chi connectivity index (χ1v) is 6.64. The van der Waals surface area contributed by atoms with E-state index in [1.165, 1.54) is 0 Å². The molecule has 0 bridgehead atoms. The van der Waals surface area contributed by atoms with Crippen LogP contribution in [0.15, 0.2) is 0 Å². The molecular formula is C12H22N2O2S. The predicted molar refractivity (Wildman–Crippen MR) is 70.7 cm³/mol. The van der Waals surface area contributed by atoms with E-state index in [1.807, 2.05) is 20.8 Å². The lowest BCUT2D eigenvalue weighted by molar-refractivity contribution is -0.137. The third-order valence-electron chi connectivity index (χ3n) is 3.45. The minimum absolute atomic E-state index is 0.0155. The molecule has 5 heteroatoms. The number of hydrogen-bond acceptors (Lipinski definition) is 3. The maximum atomic E-state index is 12.2. The summed E-state index contributed by atoms with van der Waals surface area (Å²) in [4.78, 5) is 25.2. The summed E-state index contributed by atoms with van der Waals surface area (Å²) in [6.07, 6.45) is 1.61. The molecule has 1 aliphatic heterocycles. The third kappa shape index (κ3) is 3.37. The Morgan fingerprint density at radius 2 is 1.94 bits per heavy atom. The van der Waals surface area contributed by atoms with Crippen LogP contribution in [0.3, 0.4) is 0 Å². The van der Waals surface area contributed by atoms with Gasteiger partial charge in [0.2, 0.25) is 11.8 Å². The van der Waals surface area contributed by atoms with Crippen molar-refractivity contribution in [3.63, 3.8) is 0 Å². The number of carbonyl (C=O) groups excluding carboxylic acids is 2. The van der Waals surface area contributed by atoms with Crippen LogP contribution >= 0.6 is 12.6 Å². The second kappa shape index (κ2) is 5.76. The zero-order valence-electron chi connectivity index (χ0n) is 10.7. The normalized spacial score (nSPS) is 27.0. The summed E-state index contributed by atoms with van der Waals surface area (Å²) in [5, 5.41) is -0.302. The molecule has 0 aromatic heterocycles. The Morgan fingerprint density at radius 3 is 2.41 bits per heavy atom. The minimum Gasteiger partial charge on any atom is -0.369 e. The monoisotopic (exact) mass is 258 g/mol. The van der Waals surface area contributed by atoms with E-state index >= 15 is 0 Å². The van der Waals surface area contributed by atoms with Crippen molar-refractivity contribution in [2.75, 3.05) is 6.54 Å². The van der Waals surface area contributed by atoms with Crippen LogP contribution in [0.1, 0.15) is 33.6 Å². The van der Waals surface area contributed by atoms with E-state index in [9.17, 15) is 9.59 Å². The van der Waals surface area contributed by atoms with E-state index in [-0.39, 0.29) is 34.9 Å². The molecular weight excluding hydrogens is 236 g/mol. The predicted octanol–water partition coefficient (Wildman–Crippen LogP) is 1.05. The fourth-order valence-corrected chi connectivity index (χ4v) is 2.25. The molecule has 0 aliphatic carbocycles. The van der Waals surface area contributed by atoms with Crippen LogP contribution in [-0.2, 0) is 9.59 Å². The summed E-state index contributed by atoms with van der Waals surface area (Å²) in [7, 11) is 0. The topological polar surface area (TPSA) is 63.4 Å². The van der Waals surface area contributed by atoms with Gasteiger partial charge < -0.3 is 10.6 Å². The average molecular weight is 258 g/mol. The first-order valence-electron chi connectivity index (χ1n) is 6.12. The molecule has 0 spiro atoms. The van der Waals surface area contributed by atoms with Gasteiger partial charge in [-0.25, -0.2) is 0 Å². The van der Waals surface area contributed by atoms with Gasteiger partial charge in [-0.05, 0) is 25.7 Å². The zero-order valence-corrected chi connectivity index (χ0v) is 11.6. The van der Waals surface area contributed by atoms with E-state index in [0.717, 1.165) is 12.8 Å². The van der Waals surface area contributed by atoms with Gasteiger partial charge in [-0.3, -0.25) is 9.59 Å². The number of rotatable bonds is 3. The lowest BCUT2D eigenvalue weighted by Crippen LogP contribution is -2.51. The van der Waals surface area contributed by atoms with Crippen LogP contribution < -0.4 is 5.73 Å². The smallest absolute Gasteiger partial charge is 0.235 e. The van der Waals surface area contributed by atoms with Crippen molar-refractivity contribution in [3.05, 3.63) is 0 Å². The molecule has 4 nitrogen and oxygen atoms in total. The van der Waals surface area contributed by atoms with Crippen LogP contribution in [0.25, 0.3) is 0 Å². The van der Waals surface area contributed by atoms with Gasteiger partial charge in [0, 0.05) is 12.6 Å². The Labute approximate surface area is 108 Å². The van der Waals surface area contributed by atoms with Crippen molar-refractivity contribution < 1.29 is 9.59 Å².